The summed E-state index contributed by atoms with van der Waals surface area (Å²) in [6.45, 7) is 3.33. The van der Waals surface area contributed by atoms with Crippen LogP contribution >= 0.6 is 0 Å². The third-order valence-corrected chi connectivity index (χ3v) is 14.2. The summed E-state index contributed by atoms with van der Waals surface area (Å²) in [4.78, 5) is 13.2. The Morgan fingerprint density at radius 3 is 1.19 bits per heavy atom. The summed E-state index contributed by atoms with van der Waals surface area (Å²) in [7, 11) is -5.11. The summed E-state index contributed by atoms with van der Waals surface area (Å²) >= 11 is 0. The SMILES string of the molecule is CCCCCCCCCCCCCCCCCCCCCCCC(O)C(COC1OC(CO)C(O)C(OS(=O)(=O)O)C1O)NC(=O)C(O)CCCCCCCCCCCCCCCCCCC. The quantitative estimate of drug-likeness (QED) is 0.0224. The summed E-state index contributed by atoms with van der Waals surface area (Å²) in [5.41, 5.74) is 0. The first kappa shape index (κ1) is 64.1. The van der Waals surface area contributed by atoms with Crippen molar-refractivity contribution >= 4 is 16.3 Å². The van der Waals surface area contributed by atoms with Crippen molar-refractivity contribution in [3.63, 3.8) is 0 Å². The molecule has 67 heavy (non-hydrogen) atoms. The van der Waals surface area contributed by atoms with Crippen LogP contribution in [0.4, 0.5) is 0 Å². The zero-order valence-electron chi connectivity index (χ0n) is 42.9. The van der Waals surface area contributed by atoms with E-state index in [2.05, 4.69) is 23.3 Å². The van der Waals surface area contributed by atoms with Crippen LogP contribution in [0.1, 0.15) is 271 Å². The molecule has 0 bridgehead atoms. The molecule has 0 aromatic heterocycles. The maximum absolute atomic E-state index is 13.2. The number of hydrogen-bond acceptors (Lipinski definition) is 11. The molecule has 1 amide bonds. The molecule has 1 saturated heterocycles. The molecule has 400 valence electrons. The van der Waals surface area contributed by atoms with Crippen molar-refractivity contribution in [1.29, 1.82) is 0 Å². The molecule has 1 heterocycles. The molecule has 0 spiro atoms. The van der Waals surface area contributed by atoms with E-state index < -0.39 is 78.5 Å². The Bertz CT molecular complexity index is 1210. The third-order valence-electron chi connectivity index (χ3n) is 13.8. The fourth-order valence-electron chi connectivity index (χ4n) is 9.35. The topological polar surface area (TPSA) is 212 Å². The summed E-state index contributed by atoms with van der Waals surface area (Å²) in [5, 5.41) is 55.7. The molecular weight excluding hydrogens is 875 g/mol. The monoisotopic (exact) mass is 980 g/mol. The van der Waals surface area contributed by atoms with Crippen molar-refractivity contribution in [2.75, 3.05) is 13.2 Å². The van der Waals surface area contributed by atoms with Crippen LogP contribution in [0.3, 0.4) is 0 Å². The Kier molecular flexibility index (Phi) is 41.9. The van der Waals surface area contributed by atoms with E-state index in [0.29, 0.717) is 19.3 Å². The van der Waals surface area contributed by atoms with E-state index in [-0.39, 0.29) is 6.42 Å². The molecule has 13 nitrogen and oxygen atoms in total. The molecule has 1 aliphatic heterocycles. The van der Waals surface area contributed by atoms with Crippen LogP contribution < -0.4 is 5.32 Å². The molecule has 0 saturated carbocycles. The maximum Gasteiger partial charge on any atom is 0.397 e. The number of nitrogens with one attached hydrogen (secondary N) is 1. The lowest BCUT2D eigenvalue weighted by molar-refractivity contribution is -0.298. The van der Waals surface area contributed by atoms with Gasteiger partial charge in [-0.15, -0.1) is 0 Å². The van der Waals surface area contributed by atoms with Crippen LogP contribution in [0.2, 0.25) is 0 Å². The van der Waals surface area contributed by atoms with Gasteiger partial charge in [-0.1, -0.05) is 258 Å². The number of hydrogen-bond donors (Lipinski definition) is 7. The van der Waals surface area contributed by atoms with Gasteiger partial charge in [-0.2, -0.15) is 8.42 Å². The number of carbonyl (C=O) groups excluding carboxylic acids is 1. The lowest BCUT2D eigenvalue weighted by Crippen LogP contribution is -2.61. The summed E-state index contributed by atoms with van der Waals surface area (Å²) in [6, 6.07) is -1.03. The van der Waals surface area contributed by atoms with Gasteiger partial charge in [0.2, 0.25) is 5.91 Å². The van der Waals surface area contributed by atoms with Gasteiger partial charge in [0.1, 0.15) is 30.5 Å². The van der Waals surface area contributed by atoms with E-state index >= 15 is 0 Å². The average Bonchev–Trinajstić information content (AvgIpc) is 3.30. The Morgan fingerprint density at radius 2 is 0.866 bits per heavy atom. The maximum atomic E-state index is 13.2. The fourth-order valence-corrected chi connectivity index (χ4v) is 9.86. The Morgan fingerprint density at radius 1 is 0.537 bits per heavy atom. The fraction of sp³-hybridized carbons (Fsp3) is 0.981. The zero-order chi connectivity index (χ0) is 49.2. The van der Waals surface area contributed by atoms with E-state index in [1.807, 2.05) is 0 Å². The van der Waals surface area contributed by atoms with Gasteiger partial charge in [0.05, 0.1) is 25.4 Å². The second-order valence-electron chi connectivity index (χ2n) is 20.0. The van der Waals surface area contributed by atoms with Crippen molar-refractivity contribution < 1.29 is 57.0 Å². The average molecular weight is 980 g/mol. The second kappa shape index (κ2) is 43.8. The lowest BCUT2D eigenvalue weighted by atomic mass is 9.99. The highest BCUT2D eigenvalue weighted by Gasteiger charge is 2.48. The van der Waals surface area contributed by atoms with Crippen LogP contribution in [0.5, 0.6) is 0 Å². The van der Waals surface area contributed by atoms with Crippen LogP contribution in [0, 0.1) is 0 Å². The van der Waals surface area contributed by atoms with Crippen LogP contribution in [0.25, 0.3) is 0 Å². The molecule has 0 aromatic carbocycles. The van der Waals surface area contributed by atoms with Gasteiger partial charge >= 0.3 is 10.4 Å². The molecule has 0 aliphatic carbocycles. The minimum Gasteiger partial charge on any atom is -0.394 e. The zero-order valence-corrected chi connectivity index (χ0v) is 43.7. The highest BCUT2D eigenvalue weighted by Crippen LogP contribution is 2.26. The van der Waals surface area contributed by atoms with Gasteiger partial charge in [0.15, 0.2) is 6.29 Å². The lowest BCUT2D eigenvalue weighted by Gasteiger charge is -2.41. The molecule has 1 fully saturated rings. The number of carbonyl (C=O) groups is 1. The van der Waals surface area contributed by atoms with Crippen molar-refractivity contribution in [1.82, 2.24) is 5.32 Å². The molecule has 0 radical (unpaired) electrons. The number of aliphatic hydroxyl groups is 5. The van der Waals surface area contributed by atoms with Crippen molar-refractivity contribution in [3.8, 4) is 0 Å². The molecule has 8 atom stereocenters. The minimum absolute atomic E-state index is 0.267. The molecular formula is C53H105NO12S. The largest absolute Gasteiger partial charge is 0.397 e. The van der Waals surface area contributed by atoms with Crippen molar-refractivity contribution in [3.05, 3.63) is 0 Å². The van der Waals surface area contributed by atoms with E-state index in [4.69, 9.17) is 9.47 Å². The molecule has 8 unspecified atom stereocenters. The van der Waals surface area contributed by atoms with Crippen LogP contribution in [-0.2, 0) is 28.9 Å². The van der Waals surface area contributed by atoms with Gasteiger partial charge in [0.25, 0.3) is 0 Å². The van der Waals surface area contributed by atoms with E-state index in [9.17, 15) is 43.3 Å². The minimum atomic E-state index is -5.11. The van der Waals surface area contributed by atoms with Crippen molar-refractivity contribution in [2.45, 2.75) is 320 Å². The molecule has 7 N–H and O–H groups in total. The molecule has 14 heteroatoms. The molecule has 1 aliphatic rings. The Labute approximate surface area is 410 Å². The third kappa shape index (κ3) is 35.8. The van der Waals surface area contributed by atoms with Crippen LogP contribution in [-0.4, -0.2) is 107 Å². The Balaban J connectivity index is 2.43. The smallest absolute Gasteiger partial charge is 0.394 e. The summed E-state index contributed by atoms with van der Waals surface area (Å²) in [6.07, 6.45) is 37.1. The normalized spacial score (nSPS) is 20.3. The second-order valence-corrected chi connectivity index (χ2v) is 21.1. The first-order chi connectivity index (χ1) is 32.4. The number of ether oxygens (including phenoxy) is 2. The molecule has 0 aromatic rings. The van der Waals surface area contributed by atoms with Gasteiger partial charge < -0.3 is 40.3 Å². The highest BCUT2D eigenvalue weighted by atomic mass is 32.3. The Hall–Kier alpha value is -0.940. The predicted octanol–water partition coefficient (Wildman–Crippen LogP) is 11.5. The predicted molar refractivity (Wildman–Crippen MR) is 270 cm³/mol. The van der Waals surface area contributed by atoms with E-state index in [1.54, 1.807) is 0 Å². The van der Waals surface area contributed by atoms with Gasteiger partial charge in [0, 0.05) is 0 Å². The first-order valence-corrected chi connectivity index (χ1v) is 29.4. The van der Waals surface area contributed by atoms with Crippen LogP contribution in [0.15, 0.2) is 0 Å². The highest BCUT2D eigenvalue weighted by molar-refractivity contribution is 7.80. The summed E-state index contributed by atoms with van der Waals surface area (Å²) in [5.74, 6) is -0.663. The van der Waals surface area contributed by atoms with E-state index in [0.717, 1.165) is 38.5 Å². The van der Waals surface area contributed by atoms with Crippen molar-refractivity contribution in [2.24, 2.45) is 0 Å². The number of unbranched alkanes of at least 4 members (excludes halogenated alkanes) is 36. The number of rotatable bonds is 49. The van der Waals surface area contributed by atoms with Gasteiger partial charge in [-0.3, -0.25) is 9.35 Å². The van der Waals surface area contributed by atoms with Gasteiger partial charge in [-0.05, 0) is 12.8 Å². The van der Waals surface area contributed by atoms with E-state index in [1.165, 1.54) is 193 Å². The number of aliphatic hydroxyl groups excluding tert-OH is 5. The van der Waals surface area contributed by atoms with Gasteiger partial charge in [-0.25, -0.2) is 4.18 Å². The summed E-state index contributed by atoms with van der Waals surface area (Å²) < 4.78 is 47.8. The molecule has 1 rings (SSSR count). The standard InChI is InChI=1S/C53H105NO12S/c1-3-5-7-9-11-13-15-17-19-21-22-23-24-26-27-29-31-33-35-37-39-41-46(56)45(44-64-53-50(59)51(66-67(61,62)63)49(58)48(43-55)65-53)54-52(60)47(57)42-40-38-36-34-32-30-28-25-20-18-16-14-12-10-8-6-4-2/h45-51,53,55-59H,3-44H2,1-2H3,(H,54,60)(H,61,62,63). The first-order valence-electron chi connectivity index (χ1n) is 28.0. The number of amides is 1.